The molecular formula is C18H20N2O5S. The SMILES string of the molecule is CSc1ccc(C(=O)OCC(=O)N(C)CC(=O)NCc2ccco2)cc1. The molecule has 138 valence electrons. The van der Waals surface area contributed by atoms with Crippen molar-refractivity contribution < 1.29 is 23.5 Å². The van der Waals surface area contributed by atoms with E-state index >= 15 is 0 Å². The molecule has 7 nitrogen and oxygen atoms in total. The van der Waals surface area contributed by atoms with Gasteiger partial charge in [0.15, 0.2) is 6.61 Å². The third-order valence-corrected chi connectivity index (χ3v) is 4.24. The second kappa shape index (κ2) is 9.67. The predicted molar refractivity (Wildman–Crippen MR) is 96.7 cm³/mol. The van der Waals surface area contributed by atoms with Crippen molar-refractivity contribution in [3.8, 4) is 0 Å². The van der Waals surface area contributed by atoms with Crippen LogP contribution in [-0.2, 0) is 20.9 Å². The largest absolute Gasteiger partial charge is 0.467 e. The highest BCUT2D eigenvalue weighted by molar-refractivity contribution is 7.98. The van der Waals surface area contributed by atoms with E-state index in [2.05, 4.69) is 5.32 Å². The Morgan fingerprint density at radius 3 is 2.54 bits per heavy atom. The number of amides is 2. The van der Waals surface area contributed by atoms with E-state index in [1.54, 1.807) is 48.2 Å². The Morgan fingerprint density at radius 2 is 1.92 bits per heavy atom. The van der Waals surface area contributed by atoms with Crippen LogP contribution < -0.4 is 5.32 Å². The Balaban J connectivity index is 1.73. The molecule has 2 amide bonds. The highest BCUT2D eigenvalue weighted by Crippen LogP contribution is 2.15. The summed E-state index contributed by atoms with van der Waals surface area (Å²) in [4.78, 5) is 38.0. The van der Waals surface area contributed by atoms with Crippen molar-refractivity contribution >= 4 is 29.5 Å². The Labute approximate surface area is 155 Å². The topological polar surface area (TPSA) is 88.9 Å². The number of hydrogen-bond donors (Lipinski definition) is 1. The fraction of sp³-hybridized carbons (Fsp3) is 0.278. The normalized spacial score (nSPS) is 10.2. The molecule has 0 unspecified atom stereocenters. The number of hydrogen-bond acceptors (Lipinski definition) is 6. The molecule has 0 aliphatic carbocycles. The van der Waals surface area contributed by atoms with Gasteiger partial charge in [0.1, 0.15) is 5.76 Å². The number of ether oxygens (including phenoxy) is 1. The number of carbonyl (C=O) groups is 3. The lowest BCUT2D eigenvalue weighted by Gasteiger charge is -2.16. The Hall–Kier alpha value is -2.74. The number of nitrogens with zero attached hydrogens (tertiary/aromatic N) is 1. The molecule has 0 atom stereocenters. The van der Waals surface area contributed by atoms with Gasteiger partial charge < -0.3 is 19.4 Å². The quantitative estimate of drug-likeness (QED) is 0.559. The van der Waals surface area contributed by atoms with E-state index in [0.717, 1.165) is 4.90 Å². The molecule has 1 N–H and O–H groups in total. The molecule has 8 heteroatoms. The molecule has 0 saturated carbocycles. The highest BCUT2D eigenvalue weighted by atomic mass is 32.2. The molecule has 26 heavy (non-hydrogen) atoms. The van der Waals surface area contributed by atoms with Crippen LogP contribution in [-0.4, -0.2) is 49.1 Å². The summed E-state index contributed by atoms with van der Waals surface area (Å²) in [5.74, 6) is -0.765. The first-order valence-electron chi connectivity index (χ1n) is 7.84. The average molecular weight is 376 g/mol. The van der Waals surface area contributed by atoms with Gasteiger partial charge in [0.25, 0.3) is 5.91 Å². The van der Waals surface area contributed by atoms with Gasteiger partial charge >= 0.3 is 5.97 Å². The number of thioether (sulfide) groups is 1. The van der Waals surface area contributed by atoms with Gasteiger partial charge in [-0.25, -0.2) is 4.79 Å². The predicted octanol–water partition coefficient (Wildman–Crippen LogP) is 1.93. The molecule has 0 aliphatic rings. The molecule has 0 fully saturated rings. The summed E-state index contributed by atoms with van der Waals surface area (Å²) in [7, 11) is 1.47. The zero-order valence-corrected chi connectivity index (χ0v) is 15.4. The Morgan fingerprint density at radius 1 is 1.19 bits per heavy atom. The zero-order chi connectivity index (χ0) is 18.9. The molecule has 0 aliphatic heterocycles. The molecule has 0 saturated heterocycles. The van der Waals surface area contributed by atoms with Crippen molar-refractivity contribution in [1.29, 1.82) is 0 Å². The second-order valence-electron chi connectivity index (χ2n) is 5.41. The number of esters is 1. The minimum absolute atomic E-state index is 0.139. The van der Waals surface area contributed by atoms with Crippen LogP contribution in [0.25, 0.3) is 0 Å². The van der Waals surface area contributed by atoms with Crippen molar-refractivity contribution in [2.45, 2.75) is 11.4 Å². The standard InChI is InChI=1S/C18H20N2O5S/c1-20(11-16(21)19-10-14-4-3-9-24-14)17(22)12-25-18(23)13-5-7-15(26-2)8-6-13/h3-9H,10-12H2,1-2H3,(H,19,21). The number of furan rings is 1. The van der Waals surface area contributed by atoms with Gasteiger partial charge in [0.2, 0.25) is 5.91 Å². The van der Waals surface area contributed by atoms with Crippen LogP contribution in [0.3, 0.4) is 0 Å². The molecule has 0 radical (unpaired) electrons. The fourth-order valence-corrected chi connectivity index (χ4v) is 2.41. The number of benzene rings is 1. The van der Waals surface area contributed by atoms with E-state index in [4.69, 9.17) is 9.15 Å². The van der Waals surface area contributed by atoms with Gasteiger partial charge in [0.05, 0.1) is 24.9 Å². The van der Waals surface area contributed by atoms with E-state index in [-0.39, 0.29) is 19.0 Å². The van der Waals surface area contributed by atoms with Crippen LogP contribution in [0.2, 0.25) is 0 Å². The lowest BCUT2D eigenvalue weighted by Crippen LogP contribution is -2.39. The van der Waals surface area contributed by atoms with E-state index in [9.17, 15) is 14.4 Å². The smallest absolute Gasteiger partial charge is 0.338 e. The van der Waals surface area contributed by atoms with Crippen LogP contribution in [0.5, 0.6) is 0 Å². The summed E-state index contributed by atoms with van der Waals surface area (Å²) in [6.45, 7) is -0.320. The maximum absolute atomic E-state index is 12.0. The monoisotopic (exact) mass is 376 g/mol. The number of likely N-dealkylation sites (N-methyl/N-ethyl adjacent to an activating group) is 1. The summed E-state index contributed by atoms with van der Waals surface area (Å²) in [5.41, 5.74) is 0.370. The van der Waals surface area contributed by atoms with Crippen LogP contribution in [0.15, 0.2) is 52.0 Å². The molecule has 2 aromatic rings. The first-order valence-corrected chi connectivity index (χ1v) is 9.06. The van der Waals surface area contributed by atoms with E-state index in [1.165, 1.54) is 18.2 Å². The molecule has 2 rings (SSSR count). The van der Waals surface area contributed by atoms with Crippen LogP contribution in [0.4, 0.5) is 0 Å². The molecule has 1 heterocycles. The van der Waals surface area contributed by atoms with Crippen LogP contribution >= 0.6 is 11.8 Å². The van der Waals surface area contributed by atoms with E-state index < -0.39 is 18.5 Å². The summed E-state index contributed by atoms with van der Waals surface area (Å²) in [6.07, 6.45) is 3.45. The Kier molecular flexibility index (Phi) is 7.28. The molecule has 0 bridgehead atoms. The third kappa shape index (κ3) is 5.96. The van der Waals surface area contributed by atoms with Crippen LogP contribution in [0, 0.1) is 0 Å². The van der Waals surface area contributed by atoms with Gasteiger partial charge in [-0.05, 0) is 42.7 Å². The minimum Gasteiger partial charge on any atom is -0.467 e. The first kappa shape index (κ1) is 19.6. The summed E-state index contributed by atoms with van der Waals surface area (Å²) >= 11 is 1.56. The van der Waals surface area contributed by atoms with Crippen LogP contribution in [0.1, 0.15) is 16.1 Å². The molecular weight excluding hydrogens is 356 g/mol. The first-order chi connectivity index (χ1) is 12.5. The number of carbonyl (C=O) groups excluding carboxylic acids is 3. The van der Waals surface area contributed by atoms with Crippen molar-refractivity contribution in [3.63, 3.8) is 0 Å². The van der Waals surface area contributed by atoms with Gasteiger partial charge in [-0.15, -0.1) is 11.8 Å². The average Bonchev–Trinajstić information content (AvgIpc) is 3.17. The minimum atomic E-state index is -0.582. The molecule has 1 aromatic heterocycles. The second-order valence-corrected chi connectivity index (χ2v) is 6.29. The maximum atomic E-state index is 12.0. The summed E-state index contributed by atoms with van der Waals surface area (Å²) in [5, 5.41) is 2.64. The maximum Gasteiger partial charge on any atom is 0.338 e. The van der Waals surface area contributed by atoms with Gasteiger partial charge in [-0.1, -0.05) is 0 Å². The molecule has 1 aromatic carbocycles. The summed E-state index contributed by atoms with van der Waals surface area (Å²) in [6, 6.07) is 10.4. The summed E-state index contributed by atoms with van der Waals surface area (Å²) < 4.78 is 10.1. The third-order valence-electron chi connectivity index (χ3n) is 3.50. The zero-order valence-electron chi connectivity index (χ0n) is 14.6. The number of rotatable bonds is 8. The van der Waals surface area contributed by atoms with Crippen molar-refractivity contribution in [2.24, 2.45) is 0 Å². The van der Waals surface area contributed by atoms with Gasteiger partial charge in [-0.3, -0.25) is 9.59 Å². The molecule has 0 spiro atoms. The van der Waals surface area contributed by atoms with Crippen molar-refractivity contribution in [1.82, 2.24) is 10.2 Å². The lowest BCUT2D eigenvalue weighted by atomic mass is 10.2. The van der Waals surface area contributed by atoms with Crippen molar-refractivity contribution in [3.05, 3.63) is 54.0 Å². The van der Waals surface area contributed by atoms with Gasteiger partial charge in [-0.2, -0.15) is 0 Å². The highest BCUT2D eigenvalue weighted by Gasteiger charge is 2.16. The van der Waals surface area contributed by atoms with E-state index in [1.807, 2.05) is 6.26 Å². The van der Waals surface area contributed by atoms with Crippen molar-refractivity contribution in [2.75, 3.05) is 26.5 Å². The number of nitrogens with one attached hydrogen (secondary N) is 1. The Bertz CT molecular complexity index is 743. The fourth-order valence-electron chi connectivity index (χ4n) is 2.01. The van der Waals surface area contributed by atoms with E-state index in [0.29, 0.717) is 11.3 Å². The lowest BCUT2D eigenvalue weighted by molar-refractivity contribution is -0.137. The van der Waals surface area contributed by atoms with Gasteiger partial charge in [0, 0.05) is 11.9 Å².